The Morgan fingerprint density at radius 3 is 2.65 bits per heavy atom. The predicted molar refractivity (Wildman–Crippen MR) is 100 cm³/mol. The number of anilines is 1. The fraction of sp³-hybridized carbons (Fsp3) is 0.526. The number of fused-ring (bicyclic) bond motifs is 1. The first-order valence-electron chi connectivity index (χ1n) is 9.33. The molecule has 0 atom stereocenters. The van der Waals surface area contributed by atoms with E-state index in [9.17, 15) is 4.79 Å². The Labute approximate surface area is 152 Å². The van der Waals surface area contributed by atoms with Crippen molar-refractivity contribution in [3.8, 4) is 0 Å². The number of primary amides is 1. The first-order valence-corrected chi connectivity index (χ1v) is 9.33. The molecule has 0 bridgehead atoms. The number of carbonyl (C=O) groups excluding carboxylic acids is 1. The van der Waals surface area contributed by atoms with Crippen LogP contribution in [-0.4, -0.2) is 59.2 Å². The molecule has 4 rings (SSSR count). The van der Waals surface area contributed by atoms with Crippen LogP contribution >= 0.6 is 0 Å². The van der Waals surface area contributed by atoms with Crippen LogP contribution in [-0.2, 0) is 4.74 Å². The van der Waals surface area contributed by atoms with Gasteiger partial charge in [-0.05, 0) is 43.9 Å². The van der Waals surface area contributed by atoms with Crippen LogP contribution < -0.4 is 11.1 Å². The molecule has 3 N–H and O–H groups in total. The second-order valence-electron chi connectivity index (χ2n) is 7.12. The molecule has 0 spiro atoms. The summed E-state index contributed by atoms with van der Waals surface area (Å²) in [7, 11) is 0. The van der Waals surface area contributed by atoms with Gasteiger partial charge in [-0.1, -0.05) is 0 Å². The number of morpholine rings is 1. The zero-order valence-electron chi connectivity index (χ0n) is 14.9. The molecule has 2 aromatic rings. The van der Waals surface area contributed by atoms with Gasteiger partial charge in [0.1, 0.15) is 12.1 Å². The Kier molecular flexibility index (Phi) is 4.99. The minimum atomic E-state index is -0.437. The highest BCUT2D eigenvalue weighted by molar-refractivity contribution is 5.99. The standard InChI is InChI=1S/C19H25N5O2/c20-18(25)13-1-6-17-16(11-13)19(22-12-21-17)23-14-2-4-15(5-3-14)24-7-9-26-10-8-24/h1,6,11-12,14-15H,2-5,7-10H2,(H2,20,25)(H,21,22,23)/t14-,15-. The highest BCUT2D eigenvalue weighted by Gasteiger charge is 2.27. The zero-order valence-corrected chi connectivity index (χ0v) is 14.9. The van der Waals surface area contributed by atoms with E-state index < -0.39 is 5.91 Å². The van der Waals surface area contributed by atoms with Crippen molar-refractivity contribution in [3.63, 3.8) is 0 Å². The van der Waals surface area contributed by atoms with Crippen molar-refractivity contribution < 1.29 is 9.53 Å². The number of rotatable bonds is 4. The van der Waals surface area contributed by atoms with Gasteiger partial charge in [-0.3, -0.25) is 9.69 Å². The molecule has 138 valence electrons. The van der Waals surface area contributed by atoms with E-state index in [4.69, 9.17) is 10.5 Å². The SMILES string of the molecule is NC(=O)c1ccc2ncnc(N[C@H]3CC[C@H](N4CCOCC4)CC3)c2c1. The molecule has 1 saturated heterocycles. The van der Waals surface area contributed by atoms with Gasteiger partial charge in [-0.15, -0.1) is 0 Å². The van der Waals surface area contributed by atoms with E-state index in [1.54, 1.807) is 18.5 Å². The van der Waals surface area contributed by atoms with Crippen LogP contribution in [0.15, 0.2) is 24.5 Å². The lowest BCUT2D eigenvalue weighted by Gasteiger charge is -2.39. The number of amides is 1. The van der Waals surface area contributed by atoms with Crippen molar-refractivity contribution in [2.75, 3.05) is 31.6 Å². The van der Waals surface area contributed by atoms with E-state index in [1.807, 2.05) is 6.07 Å². The molecule has 2 fully saturated rings. The van der Waals surface area contributed by atoms with E-state index in [0.717, 1.165) is 55.9 Å². The van der Waals surface area contributed by atoms with Gasteiger partial charge in [0.25, 0.3) is 0 Å². The molecule has 7 heteroatoms. The normalized spacial score (nSPS) is 24.5. The fourth-order valence-electron chi connectivity index (χ4n) is 4.05. The zero-order chi connectivity index (χ0) is 17.9. The molecule has 26 heavy (non-hydrogen) atoms. The van der Waals surface area contributed by atoms with Crippen molar-refractivity contribution in [1.82, 2.24) is 14.9 Å². The van der Waals surface area contributed by atoms with Crippen LogP contribution in [0.1, 0.15) is 36.0 Å². The van der Waals surface area contributed by atoms with Gasteiger partial charge in [-0.2, -0.15) is 0 Å². The summed E-state index contributed by atoms with van der Waals surface area (Å²) in [6.07, 6.45) is 6.17. The molecule has 7 nitrogen and oxygen atoms in total. The summed E-state index contributed by atoms with van der Waals surface area (Å²) >= 11 is 0. The van der Waals surface area contributed by atoms with Crippen molar-refractivity contribution >= 4 is 22.6 Å². The maximum atomic E-state index is 11.5. The topological polar surface area (TPSA) is 93.4 Å². The van der Waals surface area contributed by atoms with E-state index in [1.165, 1.54) is 12.8 Å². The van der Waals surface area contributed by atoms with Crippen LogP contribution in [0.5, 0.6) is 0 Å². The Hall–Kier alpha value is -2.25. The number of ether oxygens (including phenoxy) is 1. The van der Waals surface area contributed by atoms with Crippen LogP contribution in [0.3, 0.4) is 0 Å². The first kappa shape index (κ1) is 17.2. The summed E-state index contributed by atoms with van der Waals surface area (Å²) in [5.41, 5.74) is 6.70. The second-order valence-corrected chi connectivity index (χ2v) is 7.12. The van der Waals surface area contributed by atoms with Gasteiger partial charge in [0.2, 0.25) is 5.91 Å². The molecule has 1 aliphatic heterocycles. The molecule has 1 amide bonds. The highest BCUT2D eigenvalue weighted by atomic mass is 16.5. The first-order chi connectivity index (χ1) is 12.7. The number of hydrogen-bond acceptors (Lipinski definition) is 6. The molecule has 2 aliphatic rings. The largest absolute Gasteiger partial charge is 0.379 e. The van der Waals surface area contributed by atoms with Gasteiger partial charge in [0, 0.05) is 36.1 Å². The lowest BCUT2D eigenvalue weighted by molar-refractivity contribution is 0.00791. The average molecular weight is 355 g/mol. The molecular weight excluding hydrogens is 330 g/mol. The third-order valence-corrected chi connectivity index (χ3v) is 5.52. The Balaban J connectivity index is 1.44. The molecule has 1 aromatic carbocycles. The maximum absolute atomic E-state index is 11.5. The van der Waals surface area contributed by atoms with Crippen LogP contribution in [0.2, 0.25) is 0 Å². The molecule has 1 aromatic heterocycles. The summed E-state index contributed by atoms with van der Waals surface area (Å²) in [6.45, 7) is 3.81. The number of carbonyl (C=O) groups is 1. The number of hydrogen-bond donors (Lipinski definition) is 2. The minimum absolute atomic E-state index is 0.391. The Morgan fingerprint density at radius 2 is 1.92 bits per heavy atom. The lowest BCUT2D eigenvalue weighted by Crippen LogP contribution is -2.46. The summed E-state index contributed by atoms with van der Waals surface area (Å²) in [4.78, 5) is 22.7. The van der Waals surface area contributed by atoms with Gasteiger partial charge >= 0.3 is 0 Å². The molecule has 0 radical (unpaired) electrons. The number of nitrogens with zero attached hydrogens (tertiary/aromatic N) is 3. The van der Waals surface area contributed by atoms with Crippen molar-refractivity contribution in [3.05, 3.63) is 30.1 Å². The molecule has 2 heterocycles. The quantitative estimate of drug-likeness (QED) is 0.868. The van der Waals surface area contributed by atoms with E-state index in [-0.39, 0.29) is 0 Å². The van der Waals surface area contributed by atoms with Crippen molar-refractivity contribution in [2.24, 2.45) is 5.73 Å². The number of aromatic nitrogens is 2. The van der Waals surface area contributed by atoms with Gasteiger partial charge in [0.15, 0.2) is 0 Å². The third kappa shape index (κ3) is 3.64. The van der Waals surface area contributed by atoms with Gasteiger partial charge in [-0.25, -0.2) is 9.97 Å². The van der Waals surface area contributed by atoms with E-state index in [2.05, 4.69) is 20.2 Å². The van der Waals surface area contributed by atoms with Crippen molar-refractivity contribution in [1.29, 1.82) is 0 Å². The molecule has 0 unspecified atom stereocenters. The molecular formula is C19H25N5O2. The van der Waals surface area contributed by atoms with Crippen molar-refractivity contribution in [2.45, 2.75) is 37.8 Å². The Morgan fingerprint density at radius 1 is 1.15 bits per heavy atom. The van der Waals surface area contributed by atoms with E-state index >= 15 is 0 Å². The minimum Gasteiger partial charge on any atom is -0.379 e. The number of nitrogens with two attached hydrogens (primary N) is 1. The average Bonchev–Trinajstić information content (AvgIpc) is 2.69. The van der Waals surface area contributed by atoms with Crippen LogP contribution in [0, 0.1) is 0 Å². The number of nitrogens with one attached hydrogen (secondary N) is 1. The summed E-state index contributed by atoms with van der Waals surface area (Å²) in [5.74, 6) is 0.348. The van der Waals surface area contributed by atoms with Crippen LogP contribution in [0.25, 0.3) is 10.9 Å². The van der Waals surface area contributed by atoms with Gasteiger partial charge < -0.3 is 15.8 Å². The van der Waals surface area contributed by atoms with Gasteiger partial charge in [0.05, 0.1) is 18.7 Å². The molecule has 1 saturated carbocycles. The second kappa shape index (κ2) is 7.55. The summed E-state index contributed by atoms with van der Waals surface area (Å²) in [5, 5.41) is 4.41. The van der Waals surface area contributed by atoms with Crippen LogP contribution in [0.4, 0.5) is 5.82 Å². The van der Waals surface area contributed by atoms with E-state index in [0.29, 0.717) is 17.6 Å². The maximum Gasteiger partial charge on any atom is 0.248 e. The highest BCUT2D eigenvalue weighted by Crippen LogP contribution is 2.28. The fourth-order valence-corrected chi connectivity index (χ4v) is 4.05. The summed E-state index contributed by atoms with van der Waals surface area (Å²) in [6, 6.07) is 6.36. The number of benzene rings is 1. The predicted octanol–water partition coefficient (Wildman–Crippen LogP) is 1.78. The smallest absolute Gasteiger partial charge is 0.248 e. The monoisotopic (exact) mass is 355 g/mol. The lowest BCUT2D eigenvalue weighted by atomic mass is 9.90. The third-order valence-electron chi connectivity index (χ3n) is 5.52. The Bertz CT molecular complexity index is 783. The molecule has 1 aliphatic carbocycles. The summed E-state index contributed by atoms with van der Waals surface area (Å²) < 4.78 is 5.46.